The molecular formula is C15H19NO4. The van der Waals surface area contributed by atoms with E-state index in [4.69, 9.17) is 0 Å². The lowest BCUT2D eigenvalue weighted by molar-refractivity contribution is -0.150. The van der Waals surface area contributed by atoms with Crippen molar-refractivity contribution in [1.82, 2.24) is 4.90 Å². The van der Waals surface area contributed by atoms with Gasteiger partial charge in [-0.2, -0.15) is 0 Å². The van der Waals surface area contributed by atoms with Crippen molar-refractivity contribution in [3.05, 3.63) is 29.3 Å². The topological polar surface area (TPSA) is 77.8 Å². The average Bonchev–Trinajstić information content (AvgIpc) is 2.38. The second-order valence-corrected chi connectivity index (χ2v) is 5.72. The van der Waals surface area contributed by atoms with E-state index in [0.717, 1.165) is 5.56 Å². The smallest absolute Gasteiger partial charge is 0.311 e. The van der Waals surface area contributed by atoms with Crippen LogP contribution in [0, 0.1) is 12.3 Å². The molecule has 0 spiro atoms. The third kappa shape index (κ3) is 2.61. The number of carbonyl (C=O) groups excluding carboxylic acids is 1. The van der Waals surface area contributed by atoms with Gasteiger partial charge in [-0.25, -0.2) is 0 Å². The number of phenolic OH excluding ortho intramolecular Hbond substituents is 1. The molecule has 2 N–H and O–H groups in total. The first-order valence-electron chi connectivity index (χ1n) is 6.66. The van der Waals surface area contributed by atoms with E-state index in [0.29, 0.717) is 19.4 Å². The fourth-order valence-corrected chi connectivity index (χ4v) is 2.58. The van der Waals surface area contributed by atoms with E-state index in [-0.39, 0.29) is 23.8 Å². The summed E-state index contributed by atoms with van der Waals surface area (Å²) in [6.07, 6.45) is 1.22. The van der Waals surface area contributed by atoms with Crippen LogP contribution in [-0.2, 0) is 4.79 Å². The first kappa shape index (κ1) is 14.4. The fourth-order valence-electron chi connectivity index (χ4n) is 2.58. The van der Waals surface area contributed by atoms with Crippen LogP contribution >= 0.6 is 0 Å². The maximum atomic E-state index is 12.4. The van der Waals surface area contributed by atoms with Gasteiger partial charge in [-0.05, 0) is 44.4 Å². The molecule has 108 valence electrons. The standard InChI is InChI=1S/C15H19NO4/c1-10-4-5-11(12(17)8-10)13(18)16-7-3-6-15(2,9-16)14(19)20/h4-5,8,17H,3,6-7,9H2,1-2H3,(H,19,20). The number of phenols is 1. The lowest BCUT2D eigenvalue weighted by atomic mass is 9.82. The largest absolute Gasteiger partial charge is 0.507 e. The highest BCUT2D eigenvalue weighted by molar-refractivity contribution is 5.97. The normalized spacial score (nSPS) is 22.6. The third-order valence-electron chi connectivity index (χ3n) is 3.88. The van der Waals surface area contributed by atoms with Crippen molar-refractivity contribution in [1.29, 1.82) is 0 Å². The highest BCUT2D eigenvalue weighted by atomic mass is 16.4. The summed E-state index contributed by atoms with van der Waals surface area (Å²) in [5.74, 6) is -1.25. The molecule has 1 fully saturated rings. The Balaban J connectivity index is 2.23. The molecule has 5 heteroatoms. The molecule has 0 radical (unpaired) electrons. The molecule has 0 saturated carbocycles. The molecule has 1 aliphatic rings. The molecule has 0 aliphatic carbocycles. The van der Waals surface area contributed by atoms with Crippen LogP contribution in [-0.4, -0.2) is 40.1 Å². The molecule has 1 atom stereocenters. The van der Waals surface area contributed by atoms with Gasteiger partial charge >= 0.3 is 5.97 Å². The Hall–Kier alpha value is -2.04. The molecule has 1 aliphatic heterocycles. The van der Waals surface area contributed by atoms with Gasteiger partial charge in [-0.15, -0.1) is 0 Å². The Morgan fingerprint density at radius 2 is 2.05 bits per heavy atom. The number of piperidine rings is 1. The zero-order valence-electron chi connectivity index (χ0n) is 11.7. The summed E-state index contributed by atoms with van der Waals surface area (Å²) in [5, 5.41) is 19.1. The van der Waals surface area contributed by atoms with Crippen molar-refractivity contribution in [3.8, 4) is 5.75 Å². The Kier molecular flexibility index (Phi) is 3.70. The van der Waals surface area contributed by atoms with Crippen LogP contribution in [0.25, 0.3) is 0 Å². The number of carbonyl (C=O) groups is 2. The van der Waals surface area contributed by atoms with Crippen molar-refractivity contribution >= 4 is 11.9 Å². The molecule has 5 nitrogen and oxygen atoms in total. The van der Waals surface area contributed by atoms with Gasteiger partial charge in [0.25, 0.3) is 5.91 Å². The minimum Gasteiger partial charge on any atom is -0.507 e. The number of aromatic hydroxyl groups is 1. The molecule has 2 rings (SSSR count). The lowest BCUT2D eigenvalue weighted by Crippen LogP contribution is -2.48. The number of carboxylic acid groups (broad SMARTS) is 1. The summed E-state index contributed by atoms with van der Waals surface area (Å²) < 4.78 is 0. The molecule has 0 bridgehead atoms. The van der Waals surface area contributed by atoms with Crippen LogP contribution in [0.5, 0.6) is 5.75 Å². The van der Waals surface area contributed by atoms with Crippen molar-refractivity contribution in [2.24, 2.45) is 5.41 Å². The van der Waals surface area contributed by atoms with E-state index in [9.17, 15) is 19.8 Å². The molecule has 1 aromatic carbocycles. The summed E-state index contributed by atoms with van der Waals surface area (Å²) >= 11 is 0. The van der Waals surface area contributed by atoms with Gasteiger partial charge in [0.2, 0.25) is 0 Å². The second kappa shape index (κ2) is 5.15. The summed E-state index contributed by atoms with van der Waals surface area (Å²) in [7, 11) is 0. The van der Waals surface area contributed by atoms with Crippen molar-refractivity contribution < 1.29 is 19.8 Å². The van der Waals surface area contributed by atoms with Crippen molar-refractivity contribution in [2.75, 3.05) is 13.1 Å². The van der Waals surface area contributed by atoms with Crippen LogP contribution in [0.4, 0.5) is 0 Å². The Morgan fingerprint density at radius 1 is 1.35 bits per heavy atom. The van der Waals surface area contributed by atoms with Crippen molar-refractivity contribution in [2.45, 2.75) is 26.7 Å². The van der Waals surface area contributed by atoms with Gasteiger partial charge in [0.15, 0.2) is 0 Å². The molecule has 20 heavy (non-hydrogen) atoms. The van der Waals surface area contributed by atoms with Gasteiger partial charge in [-0.1, -0.05) is 6.07 Å². The summed E-state index contributed by atoms with van der Waals surface area (Å²) in [4.78, 5) is 25.2. The van der Waals surface area contributed by atoms with E-state index >= 15 is 0 Å². The second-order valence-electron chi connectivity index (χ2n) is 5.72. The third-order valence-corrected chi connectivity index (χ3v) is 3.88. The average molecular weight is 277 g/mol. The molecular weight excluding hydrogens is 258 g/mol. The number of aryl methyl sites for hydroxylation is 1. The van der Waals surface area contributed by atoms with E-state index in [2.05, 4.69) is 0 Å². The predicted molar refractivity (Wildman–Crippen MR) is 73.7 cm³/mol. The number of nitrogens with zero attached hydrogens (tertiary/aromatic N) is 1. The molecule has 0 aromatic heterocycles. The van der Waals surface area contributed by atoms with E-state index in [1.165, 1.54) is 11.0 Å². The number of carboxylic acids is 1. The van der Waals surface area contributed by atoms with E-state index in [1.54, 1.807) is 19.1 Å². The van der Waals surface area contributed by atoms with Gasteiger partial charge in [0.05, 0.1) is 11.0 Å². The lowest BCUT2D eigenvalue weighted by Gasteiger charge is -2.37. The fraction of sp³-hybridized carbons (Fsp3) is 0.467. The predicted octanol–water partition coefficient (Wildman–Crippen LogP) is 2.03. The number of rotatable bonds is 2. The molecule has 1 amide bonds. The van der Waals surface area contributed by atoms with Gasteiger partial charge in [0, 0.05) is 13.1 Å². The van der Waals surface area contributed by atoms with Crippen LogP contribution in [0.2, 0.25) is 0 Å². The minimum atomic E-state index is -0.909. The van der Waals surface area contributed by atoms with E-state index in [1.807, 2.05) is 6.92 Å². The van der Waals surface area contributed by atoms with Crippen LogP contribution in [0.3, 0.4) is 0 Å². The Labute approximate surface area is 117 Å². The quantitative estimate of drug-likeness (QED) is 0.867. The number of likely N-dealkylation sites (tertiary alicyclic amines) is 1. The minimum absolute atomic E-state index is 0.0578. The first-order chi connectivity index (χ1) is 9.33. The molecule has 1 heterocycles. The summed E-state index contributed by atoms with van der Waals surface area (Å²) in [5.41, 5.74) is 0.187. The number of amides is 1. The molecule has 1 aromatic rings. The van der Waals surface area contributed by atoms with Crippen molar-refractivity contribution in [3.63, 3.8) is 0 Å². The zero-order chi connectivity index (χ0) is 14.9. The molecule has 1 unspecified atom stereocenters. The Morgan fingerprint density at radius 3 is 2.65 bits per heavy atom. The van der Waals surface area contributed by atoms with Crippen LogP contribution in [0.15, 0.2) is 18.2 Å². The maximum absolute atomic E-state index is 12.4. The highest BCUT2D eigenvalue weighted by Crippen LogP contribution is 2.31. The van der Waals surface area contributed by atoms with E-state index < -0.39 is 11.4 Å². The Bertz CT molecular complexity index is 555. The van der Waals surface area contributed by atoms with Gasteiger partial charge in [0.1, 0.15) is 5.75 Å². The molecule has 1 saturated heterocycles. The number of benzene rings is 1. The number of hydrogen-bond acceptors (Lipinski definition) is 3. The zero-order valence-corrected chi connectivity index (χ0v) is 11.7. The van der Waals surface area contributed by atoms with Crippen LogP contribution in [0.1, 0.15) is 35.7 Å². The maximum Gasteiger partial charge on any atom is 0.311 e. The number of hydrogen-bond donors (Lipinski definition) is 2. The van der Waals surface area contributed by atoms with Gasteiger partial charge < -0.3 is 15.1 Å². The summed E-state index contributed by atoms with van der Waals surface area (Å²) in [6, 6.07) is 4.88. The summed E-state index contributed by atoms with van der Waals surface area (Å²) in [6.45, 7) is 4.18. The first-order valence-corrected chi connectivity index (χ1v) is 6.66. The number of aliphatic carboxylic acids is 1. The van der Waals surface area contributed by atoms with Crippen LogP contribution < -0.4 is 0 Å². The van der Waals surface area contributed by atoms with Gasteiger partial charge in [-0.3, -0.25) is 9.59 Å². The monoisotopic (exact) mass is 277 g/mol. The SMILES string of the molecule is Cc1ccc(C(=O)N2CCCC(C)(C(=O)O)C2)c(O)c1. The highest BCUT2D eigenvalue weighted by Gasteiger charge is 2.39.